The van der Waals surface area contributed by atoms with E-state index in [0.29, 0.717) is 19.5 Å². The Hall–Kier alpha value is -1.10. The quantitative estimate of drug-likeness (QED) is 0.702. The number of nitrogens with one attached hydrogen (secondary N) is 1. The van der Waals surface area contributed by atoms with Crippen molar-refractivity contribution in [3.05, 3.63) is 0 Å². The van der Waals surface area contributed by atoms with E-state index in [2.05, 4.69) is 12.2 Å². The van der Waals surface area contributed by atoms with Gasteiger partial charge in [-0.1, -0.05) is 26.7 Å². The summed E-state index contributed by atoms with van der Waals surface area (Å²) in [4.78, 5) is 26.2. The predicted octanol–water partition coefficient (Wildman–Crippen LogP) is 1.66. The van der Waals surface area contributed by atoms with Crippen molar-refractivity contribution in [1.82, 2.24) is 10.2 Å². The van der Waals surface area contributed by atoms with Gasteiger partial charge in [0.2, 0.25) is 11.8 Å². The summed E-state index contributed by atoms with van der Waals surface area (Å²) in [7, 11) is 0. The third-order valence-corrected chi connectivity index (χ3v) is 4.24. The van der Waals surface area contributed by atoms with Gasteiger partial charge in [0, 0.05) is 25.6 Å². The molecular formula is C16H31N3O2. The topological polar surface area (TPSA) is 75.4 Å². The third kappa shape index (κ3) is 5.30. The van der Waals surface area contributed by atoms with Gasteiger partial charge >= 0.3 is 0 Å². The minimum atomic E-state index is -0.773. The number of amides is 2. The van der Waals surface area contributed by atoms with Crippen molar-refractivity contribution >= 4 is 11.8 Å². The fraction of sp³-hybridized carbons (Fsp3) is 0.875. The molecule has 2 amide bonds. The summed E-state index contributed by atoms with van der Waals surface area (Å²) in [5, 5.41) is 2.98. The Morgan fingerprint density at radius 3 is 2.38 bits per heavy atom. The molecule has 5 heteroatoms. The Morgan fingerprint density at radius 1 is 1.24 bits per heavy atom. The van der Waals surface area contributed by atoms with E-state index in [1.54, 1.807) is 0 Å². The van der Waals surface area contributed by atoms with Crippen molar-refractivity contribution in [2.45, 2.75) is 64.8 Å². The SMILES string of the molecule is CCCCNC(=O)C1CCN(C(=O)C(C)(N)CCC)CC1. The lowest BCUT2D eigenvalue weighted by molar-refractivity contribution is -0.140. The summed E-state index contributed by atoms with van der Waals surface area (Å²) in [6.07, 6.45) is 5.18. The lowest BCUT2D eigenvalue weighted by atomic mass is 9.91. The number of nitrogens with zero attached hydrogens (tertiary/aromatic N) is 1. The number of carbonyl (C=O) groups is 2. The van der Waals surface area contributed by atoms with Crippen LogP contribution in [0.4, 0.5) is 0 Å². The molecule has 0 saturated carbocycles. The molecular weight excluding hydrogens is 266 g/mol. The van der Waals surface area contributed by atoms with Crippen molar-refractivity contribution in [2.75, 3.05) is 19.6 Å². The molecule has 1 aliphatic rings. The molecule has 122 valence electrons. The number of hydrogen-bond donors (Lipinski definition) is 2. The molecule has 0 aliphatic carbocycles. The molecule has 21 heavy (non-hydrogen) atoms. The Labute approximate surface area is 128 Å². The van der Waals surface area contributed by atoms with Gasteiger partial charge in [-0.25, -0.2) is 0 Å². The van der Waals surface area contributed by atoms with E-state index in [0.717, 1.165) is 38.6 Å². The van der Waals surface area contributed by atoms with Crippen LogP contribution in [0.25, 0.3) is 0 Å². The molecule has 0 aromatic heterocycles. The average Bonchev–Trinajstić information content (AvgIpc) is 2.46. The monoisotopic (exact) mass is 297 g/mol. The summed E-state index contributed by atoms with van der Waals surface area (Å²) in [6.45, 7) is 7.98. The lowest BCUT2D eigenvalue weighted by Crippen LogP contribution is -2.55. The molecule has 0 spiro atoms. The molecule has 3 N–H and O–H groups in total. The summed E-state index contributed by atoms with van der Waals surface area (Å²) < 4.78 is 0. The van der Waals surface area contributed by atoms with Crippen molar-refractivity contribution in [3.63, 3.8) is 0 Å². The molecule has 0 bridgehead atoms. The normalized spacial score (nSPS) is 19.1. The Kier molecular flexibility index (Phi) is 7.15. The van der Waals surface area contributed by atoms with Crippen LogP contribution in [0.5, 0.6) is 0 Å². The fourth-order valence-corrected chi connectivity index (χ4v) is 2.86. The van der Waals surface area contributed by atoms with E-state index in [1.165, 1.54) is 0 Å². The zero-order valence-corrected chi connectivity index (χ0v) is 13.8. The second-order valence-corrected chi connectivity index (χ2v) is 6.38. The highest BCUT2D eigenvalue weighted by Gasteiger charge is 2.35. The van der Waals surface area contributed by atoms with E-state index in [4.69, 9.17) is 5.73 Å². The molecule has 5 nitrogen and oxygen atoms in total. The number of likely N-dealkylation sites (tertiary alicyclic amines) is 1. The molecule has 1 unspecified atom stereocenters. The van der Waals surface area contributed by atoms with Gasteiger partial charge in [0.05, 0.1) is 5.54 Å². The van der Waals surface area contributed by atoms with Crippen LogP contribution in [0.15, 0.2) is 0 Å². The molecule has 1 rings (SSSR count). The number of nitrogens with two attached hydrogens (primary N) is 1. The predicted molar refractivity (Wildman–Crippen MR) is 84.7 cm³/mol. The Bertz CT molecular complexity index is 347. The maximum Gasteiger partial charge on any atom is 0.242 e. The van der Waals surface area contributed by atoms with Crippen LogP contribution in [-0.2, 0) is 9.59 Å². The van der Waals surface area contributed by atoms with E-state index >= 15 is 0 Å². The first kappa shape index (κ1) is 18.0. The number of piperidine rings is 1. The zero-order chi connectivity index (χ0) is 15.9. The van der Waals surface area contributed by atoms with E-state index in [9.17, 15) is 9.59 Å². The van der Waals surface area contributed by atoms with Crippen LogP contribution >= 0.6 is 0 Å². The number of hydrogen-bond acceptors (Lipinski definition) is 3. The van der Waals surface area contributed by atoms with Crippen LogP contribution in [0, 0.1) is 5.92 Å². The average molecular weight is 297 g/mol. The first-order valence-electron chi connectivity index (χ1n) is 8.28. The fourth-order valence-electron chi connectivity index (χ4n) is 2.86. The number of unbranched alkanes of at least 4 members (excludes halogenated alkanes) is 1. The highest BCUT2D eigenvalue weighted by Crippen LogP contribution is 2.21. The van der Waals surface area contributed by atoms with Crippen molar-refractivity contribution in [1.29, 1.82) is 0 Å². The first-order chi connectivity index (χ1) is 9.92. The number of rotatable bonds is 7. The van der Waals surface area contributed by atoms with Gasteiger partial charge in [0.15, 0.2) is 0 Å². The van der Waals surface area contributed by atoms with Gasteiger partial charge in [-0.15, -0.1) is 0 Å². The summed E-state index contributed by atoms with van der Waals surface area (Å²) in [5.74, 6) is 0.204. The minimum Gasteiger partial charge on any atom is -0.356 e. The minimum absolute atomic E-state index is 0.0224. The highest BCUT2D eigenvalue weighted by molar-refractivity contribution is 5.86. The van der Waals surface area contributed by atoms with E-state index in [1.807, 2.05) is 18.7 Å². The molecule has 1 aliphatic heterocycles. The van der Waals surface area contributed by atoms with Gasteiger partial charge in [0.1, 0.15) is 0 Å². The lowest BCUT2D eigenvalue weighted by Gasteiger charge is -2.36. The van der Waals surface area contributed by atoms with Crippen molar-refractivity contribution in [3.8, 4) is 0 Å². The van der Waals surface area contributed by atoms with Crippen LogP contribution in [0.1, 0.15) is 59.3 Å². The Balaban J connectivity index is 2.41. The molecule has 1 fully saturated rings. The van der Waals surface area contributed by atoms with Gasteiger partial charge in [0.25, 0.3) is 0 Å². The highest BCUT2D eigenvalue weighted by atomic mass is 16.2. The maximum atomic E-state index is 12.4. The standard InChI is InChI=1S/C16H31N3O2/c1-4-6-10-18-14(20)13-7-11-19(12-8-13)15(21)16(3,17)9-5-2/h13H,4-12,17H2,1-3H3,(H,18,20). The second kappa shape index (κ2) is 8.37. The molecule has 1 heterocycles. The van der Waals surface area contributed by atoms with Gasteiger partial charge in [-0.2, -0.15) is 0 Å². The summed E-state index contributed by atoms with van der Waals surface area (Å²) >= 11 is 0. The van der Waals surface area contributed by atoms with Crippen LogP contribution in [0.2, 0.25) is 0 Å². The van der Waals surface area contributed by atoms with Gasteiger partial charge < -0.3 is 16.0 Å². The largest absolute Gasteiger partial charge is 0.356 e. The molecule has 0 radical (unpaired) electrons. The van der Waals surface area contributed by atoms with Crippen molar-refractivity contribution < 1.29 is 9.59 Å². The van der Waals surface area contributed by atoms with E-state index < -0.39 is 5.54 Å². The smallest absolute Gasteiger partial charge is 0.242 e. The van der Waals surface area contributed by atoms with Crippen LogP contribution < -0.4 is 11.1 Å². The van der Waals surface area contributed by atoms with Gasteiger partial charge in [-0.3, -0.25) is 9.59 Å². The zero-order valence-electron chi connectivity index (χ0n) is 13.8. The Morgan fingerprint density at radius 2 is 1.86 bits per heavy atom. The van der Waals surface area contributed by atoms with Crippen LogP contribution in [0.3, 0.4) is 0 Å². The third-order valence-electron chi connectivity index (χ3n) is 4.24. The summed E-state index contributed by atoms with van der Waals surface area (Å²) in [5.41, 5.74) is 5.33. The van der Waals surface area contributed by atoms with E-state index in [-0.39, 0.29) is 17.7 Å². The molecule has 0 aromatic rings. The van der Waals surface area contributed by atoms with Crippen molar-refractivity contribution in [2.24, 2.45) is 11.7 Å². The van der Waals surface area contributed by atoms with Gasteiger partial charge in [-0.05, 0) is 32.6 Å². The second-order valence-electron chi connectivity index (χ2n) is 6.38. The van der Waals surface area contributed by atoms with Crippen LogP contribution in [-0.4, -0.2) is 41.9 Å². The number of carbonyl (C=O) groups excluding carboxylic acids is 2. The first-order valence-corrected chi connectivity index (χ1v) is 8.28. The summed E-state index contributed by atoms with van der Waals surface area (Å²) in [6, 6.07) is 0. The molecule has 1 atom stereocenters. The molecule has 0 aromatic carbocycles. The molecule has 1 saturated heterocycles. The maximum absolute atomic E-state index is 12.4.